The Morgan fingerprint density at radius 3 is 2.62 bits per heavy atom. The van der Waals surface area contributed by atoms with E-state index in [0.29, 0.717) is 23.0 Å². The van der Waals surface area contributed by atoms with Crippen molar-refractivity contribution in [1.29, 1.82) is 0 Å². The molecule has 2 heterocycles. The van der Waals surface area contributed by atoms with E-state index in [-0.39, 0.29) is 12.0 Å². The van der Waals surface area contributed by atoms with E-state index in [0.717, 1.165) is 11.4 Å². The van der Waals surface area contributed by atoms with Crippen LogP contribution in [-0.2, 0) is 0 Å². The molecule has 1 aromatic carbocycles. The minimum Gasteiger partial charge on any atom is -0.489 e. The number of benzene rings is 1. The third-order valence-electron chi connectivity index (χ3n) is 3.41. The molecule has 26 heavy (non-hydrogen) atoms. The molecule has 7 heteroatoms. The highest BCUT2D eigenvalue weighted by molar-refractivity contribution is 6.03. The number of carbonyl (C=O) groups excluding carboxylic acids is 1. The largest absolute Gasteiger partial charge is 0.489 e. The van der Waals surface area contributed by atoms with Gasteiger partial charge in [0.05, 0.1) is 17.4 Å². The van der Waals surface area contributed by atoms with E-state index in [1.54, 1.807) is 25.1 Å². The Balaban J connectivity index is 1.69. The van der Waals surface area contributed by atoms with Gasteiger partial charge < -0.3 is 19.9 Å². The zero-order valence-corrected chi connectivity index (χ0v) is 14.8. The fourth-order valence-electron chi connectivity index (χ4n) is 2.28. The van der Waals surface area contributed by atoms with Crippen molar-refractivity contribution in [3.05, 3.63) is 60.0 Å². The molecule has 0 aliphatic heterocycles. The normalized spacial score (nSPS) is 10.6. The van der Waals surface area contributed by atoms with Gasteiger partial charge in [-0.15, -0.1) is 0 Å². The van der Waals surface area contributed by atoms with Crippen LogP contribution < -0.4 is 15.4 Å². The number of hydrogen-bond acceptors (Lipinski definition) is 6. The van der Waals surface area contributed by atoms with Gasteiger partial charge in [0, 0.05) is 12.3 Å². The van der Waals surface area contributed by atoms with Gasteiger partial charge in [0.2, 0.25) is 0 Å². The van der Waals surface area contributed by atoms with E-state index in [1.807, 2.05) is 38.1 Å². The smallest absolute Gasteiger partial charge is 0.258 e. The SMILES string of the molecule is Cc1cc(NC(=O)c2ccc(Nc3ccccc3OC(C)C)nc2)no1. The van der Waals surface area contributed by atoms with Gasteiger partial charge in [0.25, 0.3) is 5.91 Å². The Morgan fingerprint density at radius 1 is 1.15 bits per heavy atom. The maximum absolute atomic E-state index is 12.2. The molecule has 0 radical (unpaired) electrons. The van der Waals surface area contributed by atoms with Crippen molar-refractivity contribution < 1.29 is 14.1 Å². The molecule has 3 aromatic rings. The van der Waals surface area contributed by atoms with Crippen LogP contribution in [0.5, 0.6) is 5.75 Å². The number of hydrogen-bond donors (Lipinski definition) is 2. The summed E-state index contributed by atoms with van der Waals surface area (Å²) in [7, 11) is 0. The molecule has 2 aromatic heterocycles. The first kappa shape index (κ1) is 17.5. The maximum Gasteiger partial charge on any atom is 0.258 e. The number of anilines is 3. The molecule has 7 nitrogen and oxygen atoms in total. The van der Waals surface area contributed by atoms with Crippen molar-refractivity contribution in [2.45, 2.75) is 26.9 Å². The van der Waals surface area contributed by atoms with Crippen LogP contribution in [0.4, 0.5) is 17.3 Å². The Hall–Kier alpha value is -3.35. The second kappa shape index (κ2) is 7.69. The second-order valence-electron chi connectivity index (χ2n) is 6.00. The van der Waals surface area contributed by atoms with Crippen molar-refractivity contribution in [1.82, 2.24) is 10.1 Å². The number of ether oxygens (including phenoxy) is 1. The summed E-state index contributed by atoms with van der Waals surface area (Å²) in [6.07, 6.45) is 1.56. The van der Waals surface area contributed by atoms with Gasteiger partial charge in [-0.05, 0) is 45.0 Å². The van der Waals surface area contributed by atoms with Crippen molar-refractivity contribution >= 4 is 23.2 Å². The topological polar surface area (TPSA) is 89.3 Å². The number of nitrogens with zero attached hydrogens (tertiary/aromatic N) is 2. The number of aromatic nitrogens is 2. The third kappa shape index (κ3) is 4.38. The first-order chi connectivity index (χ1) is 12.5. The van der Waals surface area contributed by atoms with Crippen molar-refractivity contribution in [2.24, 2.45) is 0 Å². The molecular formula is C19H20N4O3. The summed E-state index contributed by atoms with van der Waals surface area (Å²) in [4.78, 5) is 16.5. The molecule has 0 saturated heterocycles. The summed E-state index contributed by atoms with van der Waals surface area (Å²) < 4.78 is 10.7. The lowest BCUT2D eigenvalue weighted by atomic mass is 10.2. The number of nitrogens with one attached hydrogen (secondary N) is 2. The molecule has 0 saturated carbocycles. The monoisotopic (exact) mass is 352 g/mol. The van der Waals surface area contributed by atoms with Crippen LogP contribution in [0.15, 0.2) is 53.2 Å². The standard InChI is InChI=1S/C19H20N4O3/c1-12(2)25-16-7-5-4-6-15(16)21-17-9-8-14(11-20-17)19(24)22-18-10-13(3)26-23-18/h4-12H,1-3H3,(H,20,21)(H,22,23,24). The van der Waals surface area contributed by atoms with E-state index in [1.165, 1.54) is 6.20 Å². The summed E-state index contributed by atoms with van der Waals surface area (Å²) in [5.74, 6) is 2.04. The van der Waals surface area contributed by atoms with Crippen LogP contribution in [0.3, 0.4) is 0 Å². The Bertz CT molecular complexity index is 888. The molecule has 0 spiro atoms. The van der Waals surface area contributed by atoms with Gasteiger partial charge in [0.15, 0.2) is 5.82 Å². The van der Waals surface area contributed by atoms with E-state index in [4.69, 9.17) is 9.26 Å². The highest BCUT2D eigenvalue weighted by atomic mass is 16.5. The van der Waals surface area contributed by atoms with Crippen molar-refractivity contribution in [2.75, 3.05) is 10.6 Å². The van der Waals surface area contributed by atoms with Crippen LogP contribution in [0, 0.1) is 6.92 Å². The first-order valence-electron chi connectivity index (χ1n) is 8.24. The average molecular weight is 352 g/mol. The van der Waals surface area contributed by atoms with Gasteiger partial charge in [-0.1, -0.05) is 17.3 Å². The molecule has 0 fully saturated rings. The highest BCUT2D eigenvalue weighted by Gasteiger charge is 2.10. The molecule has 0 atom stereocenters. The van der Waals surface area contributed by atoms with Gasteiger partial charge >= 0.3 is 0 Å². The fourth-order valence-corrected chi connectivity index (χ4v) is 2.28. The first-order valence-corrected chi connectivity index (χ1v) is 8.24. The molecular weight excluding hydrogens is 332 g/mol. The molecule has 0 aliphatic rings. The summed E-state index contributed by atoms with van der Waals surface area (Å²) in [6.45, 7) is 5.70. The van der Waals surface area contributed by atoms with Crippen LogP contribution in [0.25, 0.3) is 0 Å². The quantitative estimate of drug-likeness (QED) is 0.692. The number of amides is 1. The lowest BCUT2D eigenvalue weighted by molar-refractivity contribution is 0.102. The predicted molar refractivity (Wildman–Crippen MR) is 98.9 cm³/mol. The number of aryl methyl sites for hydroxylation is 1. The minimum atomic E-state index is -0.305. The Morgan fingerprint density at radius 2 is 1.96 bits per heavy atom. The Kier molecular flexibility index (Phi) is 5.17. The van der Waals surface area contributed by atoms with Crippen molar-refractivity contribution in [3.8, 4) is 5.75 Å². The molecule has 0 bridgehead atoms. The number of carbonyl (C=O) groups is 1. The minimum absolute atomic E-state index is 0.0668. The van der Waals surface area contributed by atoms with E-state index in [9.17, 15) is 4.79 Å². The zero-order chi connectivity index (χ0) is 18.5. The molecule has 1 amide bonds. The van der Waals surface area contributed by atoms with Crippen LogP contribution in [0.1, 0.15) is 30.0 Å². The molecule has 0 unspecified atom stereocenters. The Labute approximate surface area is 151 Å². The summed E-state index contributed by atoms with van der Waals surface area (Å²) in [5, 5.41) is 9.59. The van der Waals surface area contributed by atoms with Crippen LogP contribution in [-0.4, -0.2) is 22.2 Å². The number of para-hydroxylation sites is 2. The number of rotatable bonds is 6. The van der Waals surface area contributed by atoms with Gasteiger partial charge in [-0.25, -0.2) is 4.98 Å². The lowest BCUT2D eigenvalue weighted by Gasteiger charge is -2.15. The van der Waals surface area contributed by atoms with E-state index in [2.05, 4.69) is 20.8 Å². The van der Waals surface area contributed by atoms with Gasteiger partial charge in [-0.3, -0.25) is 4.79 Å². The van der Waals surface area contributed by atoms with Gasteiger partial charge in [0.1, 0.15) is 17.3 Å². The molecule has 134 valence electrons. The maximum atomic E-state index is 12.2. The highest BCUT2D eigenvalue weighted by Crippen LogP contribution is 2.27. The fraction of sp³-hybridized carbons (Fsp3) is 0.211. The number of pyridine rings is 1. The summed E-state index contributed by atoms with van der Waals surface area (Å²) >= 11 is 0. The predicted octanol–water partition coefficient (Wildman–Crippen LogP) is 4.16. The van der Waals surface area contributed by atoms with E-state index < -0.39 is 0 Å². The average Bonchev–Trinajstić information content (AvgIpc) is 3.01. The zero-order valence-electron chi connectivity index (χ0n) is 14.8. The van der Waals surface area contributed by atoms with Crippen LogP contribution in [0.2, 0.25) is 0 Å². The second-order valence-corrected chi connectivity index (χ2v) is 6.00. The summed E-state index contributed by atoms with van der Waals surface area (Å²) in [5.41, 5.74) is 1.23. The lowest BCUT2D eigenvalue weighted by Crippen LogP contribution is -2.12. The van der Waals surface area contributed by atoms with Crippen LogP contribution >= 0.6 is 0 Å². The van der Waals surface area contributed by atoms with Gasteiger partial charge in [-0.2, -0.15) is 0 Å². The van der Waals surface area contributed by atoms with E-state index >= 15 is 0 Å². The molecule has 3 rings (SSSR count). The third-order valence-corrected chi connectivity index (χ3v) is 3.41. The molecule has 0 aliphatic carbocycles. The molecule has 2 N–H and O–H groups in total. The van der Waals surface area contributed by atoms with Crippen molar-refractivity contribution in [3.63, 3.8) is 0 Å². The summed E-state index contributed by atoms with van der Waals surface area (Å²) in [6, 6.07) is 12.7.